The van der Waals surface area contributed by atoms with Crippen molar-refractivity contribution in [2.45, 2.75) is 23.3 Å². The number of nitrogens with zero attached hydrogens (tertiary/aromatic N) is 3. The van der Waals surface area contributed by atoms with Gasteiger partial charge in [-0.2, -0.15) is 5.10 Å². The van der Waals surface area contributed by atoms with Gasteiger partial charge in [0, 0.05) is 24.1 Å². The number of hydrogen-bond acceptors (Lipinski definition) is 4. The van der Waals surface area contributed by atoms with Crippen molar-refractivity contribution in [2.24, 2.45) is 0 Å². The molecule has 0 aliphatic carbocycles. The quantitative estimate of drug-likeness (QED) is 0.595. The van der Waals surface area contributed by atoms with Crippen molar-refractivity contribution >= 4 is 29.5 Å². The molecule has 3 aromatic rings. The number of aryl methyl sites for hydroxylation is 1. The fourth-order valence-corrected chi connectivity index (χ4v) is 3.44. The molecule has 2 aromatic heterocycles. The van der Waals surface area contributed by atoms with Crippen LogP contribution in [0, 0.1) is 12.7 Å². The minimum absolute atomic E-state index is 0.237. The highest BCUT2D eigenvalue weighted by atomic mass is 35.5. The Hall–Kier alpha value is -2.58. The van der Waals surface area contributed by atoms with E-state index < -0.39 is 6.09 Å². The van der Waals surface area contributed by atoms with Crippen molar-refractivity contribution in [3.05, 3.63) is 64.8 Å². The number of aromatic nitrogens is 3. The molecule has 9 heteroatoms. The van der Waals surface area contributed by atoms with Gasteiger partial charge in [-0.25, -0.2) is 18.9 Å². The average molecular weight is 407 g/mol. The lowest BCUT2D eigenvalue weighted by Gasteiger charge is -2.10. The number of amides is 1. The average Bonchev–Trinajstić information content (AvgIpc) is 3.01. The van der Waals surface area contributed by atoms with Gasteiger partial charge in [0.15, 0.2) is 0 Å². The van der Waals surface area contributed by atoms with E-state index in [9.17, 15) is 9.18 Å². The van der Waals surface area contributed by atoms with E-state index in [0.717, 1.165) is 15.5 Å². The lowest BCUT2D eigenvalue weighted by atomic mass is 10.2. The number of benzene rings is 1. The molecule has 0 spiro atoms. The zero-order valence-corrected chi connectivity index (χ0v) is 15.9. The summed E-state index contributed by atoms with van der Waals surface area (Å²) in [5, 5.41) is 16.7. The van der Waals surface area contributed by atoms with E-state index in [4.69, 9.17) is 16.7 Å². The molecule has 0 atom stereocenters. The van der Waals surface area contributed by atoms with Crippen LogP contribution in [0.25, 0.3) is 5.69 Å². The maximum Gasteiger partial charge on any atom is 0.404 e. The molecule has 27 heavy (non-hydrogen) atoms. The predicted octanol–water partition coefficient (Wildman–Crippen LogP) is 4.33. The first-order valence-corrected chi connectivity index (χ1v) is 9.23. The predicted molar refractivity (Wildman–Crippen MR) is 101 cm³/mol. The highest BCUT2D eigenvalue weighted by molar-refractivity contribution is 7.99. The Balaban J connectivity index is 1.95. The maximum atomic E-state index is 13.8. The first-order valence-electron chi connectivity index (χ1n) is 8.04. The summed E-state index contributed by atoms with van der Waals surface area (Å²) in [6, 6.07) is 9.89. The molecule has 0 radical (unpaired) electrons. The third-order valence-electron chi connectivity index (χ3n) is 3.71. The molecule has 1 amide bonds. The van der Waals surface area contributed by atoms with Crippen LogP contribution in [-0.4, -0.2) is 32.5 Å². The Morgan fingerprint density at radius 1 is 1.33 bits per heavy atom. The number of nitrogens with one attached hydrogen (secondary N) is 1. The van der Waals surface area contributed by atoms with Crippen LogP contribution in [0.15, 0.2) is 52.5 Å². The maximum absolute atomic E-state index is 13.8. The summed E-state index contributed by atoms with van der Waals surface area (Å²) in [4.78, 5) is 15.6. The van der Waals surface area contributed by atoms with Gasteiger partial charge < -0.3 is 10.4 Å². The first-order chi connectivity index (χ1) is 12.9. The van der Waals surface area contributed by atoms with Gasteiger partial charge in [0.25, 0.3) is 0 Å². The Morgan fingerprint density at radius 3 is 2.85 bits per heavy atom. The summed E-state index contributed by atoms with van der Waals surface area (Å²) in [6.07, 6.45) is 0.978. The second kappa shape index (κ2) is 8.41. The minimum atomic E-state index is -1.09. The van der Waals surface area contributed by atoms with E-state index in [1.165, 1.54) is 23.9 Å². The van der Waals surface area contributed by atoms with Crippen molar-refractivity contribution in [3.63, 3.8) is 0 Å². The SMILES string of the molecule is Cc1ccc(F)cc1-n1nc(CCNC(=O)O)cc1Sc1ccc(Cl)nc1. The van der Waals surface area contributed by atoms with Crippen LogP contribution in [0.5, 0.6) is 0 Å². The molecule has 0 unspecified atom stereocenters. The lowest BCUT2D eigenvalue weighted by molar-refractivity contribution is 0.194. The van der Waals surface area contributed by atoms with Crippen LogP contribution in [0.1, 0.15) is 11.3 Å². The van der Waals surface area contributed by atoms with Crippen molar-refractivity contribution in [1.29, 1.82) is 0 Å². The molecule has 0 bridgehead atoms. The Morgan fingerprint density at radius 2 is 2.15 bits per heavy atom. The molecule has 0 saturated heterocycles. The van der Waals surface area contributed by atoms with Crippen LogP contribution in [0.3, 0.4) is 0 Å². The summed E-state index contributed by atoms with van der Waals surface area (Å²) < 4.78 is 15.4. The summed E-state index contributed by atoms with van der Waals surface area (Å²) in [7, 11) is 0. The summed E-state index contributed by atoms with van der Waals surface area (Å²) in [6.45, 7) is 2.11. The Bertz CT molecular complexity index is 962. The summed E-state index contributed by atoms with van der Waals surface area (Å²) in [5.74, 6) is -0.357. The monoisotopic (exact) mass is 406 g/mol. The Kier molecular flexibility index (Phi) is 5.98. The number of pyridine rings is 1. The fourth-order valence-electron chi connectivity index (χ4n) is 2.43. The van der Waals surface area contributed by atoms with Crippen LogP contribution in [0.2, 0.25) is 5.15 Å². The zero-order valence-electron chi connectivity index (χ0n) is 14.3. The van der Waals surface area contributed by atoms with Crippen molar-refractivity contribution in [1.82, 2.24) is 20.1 Å². The third-order valence-corrected chi connectivity index (χ3v) is 4.91. The molecule has 140 valence electrons. The molecule has 2 N–H and O–H groups in total. The standard InChI is InChI=1S/C18H16ClFN4O2S/c1-11-2-3-12(20)8-15(11)24-17(27-14-4-5-16(19)22-10-14)9-13(23-24)6-7-21-18(25)26/h2-5,8-10,21H,6-7H2,1H3,(H,25,26). The minimum Gasteiger partial charge on any atom is -0.465 e. The molecule has 6 nitrogen and oxygen atoms in total. The molecule has 0 aliphatic heterocycles. The van der Waals surface area contributed by atoms with E-state index in [2.05, 4.69) is 15.4 Å². The smallest absolute Gasteiger partial charge is 0.404 e. The number of rotatable bonds is 6. The number of carboxylic acid groups (broad SMARTS) is 1. The normalized spacial score (nSPS) is 10.8. The first kappa shape index (κ1) is 19.2. The van der Waals surface area contributed by atoms with E-state index in [1.807, 2.05) is 19.1 Å². The summed E-state index contributed by atoms with van der Waals surface area (Å²) in [5.41, 5.74) is 2.18. The number of hydrogen-bond donors (Lipinski definition) is 2. The van der Waals surface area contributed by atoms with Gasteiger partial charge in [-0.15, -0.1) is 0 Å². The second-order valence-corrected chi connectivity index (χ2v) is 7.20. The Labute approximate surface area is 164 Å². The lowest BCUT2D eigenvalue weighted by Crippen LogP contribution is -2.23. The molecule has 0 fully saturated rings. The molecule has 0 aliphatic rings. The van der Waals surface area contributed by atoms with E-state index in [0.29, 0.717) is 23.0 Å². The molecule has 0 saturated carbocycles. The summed E-state index contributed by atoms with van der Waals surface area (Å²) >= 11 is 7.25. The molecule has 3 rings (SSSR count). The van der Waals surface area contributed by atoms with E-state index in [-0.39, 0.29) is 12.4 Å². The van der Waals surface area contributed by atoms with Crippen LogP contribution in [-0.2, 0) is 6.42 Å². The van der Waals surface area contributed by atoms with Gasteiger partial charge in [-0.3, -0.25) is 0 Å². The fraction of sp³-hybridized carbons (Fsp3) is 0.167. The van der Waals surface area contributed by atoms with Gasteiger partial charge in [0.05, 0.1) is 11.4 Å². The van der Waals surface area contributed by atoms with Crippen molar-refractivity contribution in [2.75, 3.05) is 6.54 Å². The van der Waals surface area contributed by atoms with Crippen LogP contribution >= 0.6 is 23.4 Å². The number of halogens is 2. The van der Waals surface area contributed by atoms with Gasteiger partial charge in [-0.05, 0) is 42.8 Å². The van der Waals surface area contributed by atoms with E-state index >= 15 is 0 Å². The van der Waals surface area contributed by atoms with Crippen LogP contribution < -0.4 is 5.32 Å². The van der Waals surface area contributed by atoms with Crippen LogP contribution in [0.4, 0.5) is 9.18 Å². The topological polar surface area (TPSA) is 80.0 Å². The zero-order chi connectivity index (χ0) is 19.4. The molecular weight excluding hydrogens is 391 g/mol. The van der Waals surface area contributed by atoms with Crippen molar-refractivity contribution in [3.8, 4) is 5.69 Å². The van der Waals surface area contributed by atoms with Crippen molar-refractivity contribution < 1.29 is 14.3 Å². The largest absolute Gasteiger partial charge is 0.465 e. The van der Waals surface area contributed by atoms with Gasteiger partial charge >= 0.3 is 6.09 Å². The molecule has 1 aromatic carbocycles. The van der Waals surface area contributed by atoms with E-state index in [1.54, 1.807) is 23.0 Å². The van der Waals surface area contributed by atoms with Gasteiger partial charge in [0.2, 0.25) is 0 Å². The van der Waals surface area contributed by atoms with Gasteiger partial charge in [0.1, 0.15) is 16.0 Å². The van der Waals surface area contributed by atoms with Gasteiger partial charge in [-0.1, -0.05) is 29.4 Å². The second-order valence-electron chi connectivity index (χ2n) is 5.72. The molecular formula is C18H16ClFN4O2S. The highest BCUT2D eigenvalue weighted by Gasteiger charge is 2.14. The highest BCUT2D eigenvalue weighted by Crippen LogP contribution is 2.31. The third kappa shape index (κ3) is 4.99. The number of carbonyl (C=O) groups is 1. The molecule has 2 heterocycles.